The van der Waals surface area contributed by atoms with Crippen LogP contribution in [0.25, 0.3) is 0 Å². The summed E-state index contributed by atoms with van der Waals surface area (Å²) < 4.78 is 1.18. The predicted molar refractivity (Wildman–Crippen MR) is 28.6 cm³/mol. The van der Waals surface area contributed by atoms with E-state index in [1.54, 1.807) is 6.20 Å². The van der Waals surface area contributed by atoms with Crippen molar-refractivity contribution in [3.63, 3.8) is 0 Å². The molecule has 1 radical (unpaired) electrons. The van der Waals surface area contributed by atoms with Crippen molar-refractivity contribution in [2.24, 2.45) is 0 Å². The van der Waals surface area contributed by atoms with Gasteiger partial charge in [-0.2, -0.15) is 0 Å². The molecule has 2 nitrogen and oxygen atoms in total. The minimum absolute atomic E-state index is 0.519. The number of rotatable bonds is 0. The molecule has 0 aromatic heterocycles. The van der Waals surface area contributed by atoms with Gasteiger partial charge in [-0.05, 0) is 0 Å². The maximum Gasteiger partial charge on any atom is 0.0748 e. The minimum Gasteiger partial charge on any atom is -0.205 e. The second-order valence-corrected chi connectivity index (χ2v) is 2.00. The molecule has 0 aliphatic carbocycles. The molecule has 0 fully saturated rings. The van der Waals surface area contributed by atoms with Gasteiger partial charge in [0.1, 0.15) is 0 Å². The van der Waals surface area contributed by atoms with Crippen molar-refractivity contribution in [1.29, 1.82) is 0 Å². The monoisotopic (exact) mass is 137 g/mol. The van der Waals surface area contributed by atoms with E-state index >= 15 is 0 Å². The van der Waals surface area contributed by atoms with Crippen molar-refractivity contribution in [3.05, 3.63) is 11.2 Å². The number of hydrogen-bond donors (Lipinski definition) is 0. The van der Waals surface area contributed by atoms with Crippen molar-refractivity contribution in [2.75, 3.05) is 6.54 Å². The summed E-state index contributed by atoms with van der Waals surface area (Å²) in [4.78, 5) is 0. The van der Waals surface area contributed by atoms with E-state index in [-0.39, 0.29) is 0 Å². The molecule has 0 saturated heterocycles. The van der Waals surface area contributed by atoms with Gasteiger partial charge in [0.05, 0.1) is 17.8 Å². The number of hydrogen-bond acceptors (Lipinski definition) is 1. The first kappa shape index (κ1) is 5.22. The van der Waals surface area contributed by atoms with Crippen LogP contribution < -0.4 is 5.43 Å². The average Bonchev–Trinajstić information content (AvgIpc) is 1.87. The molecule has 4 heteroatoms. The van der Waals surface area contributed by atoms with Crippen LogP contribution in [0.4, 0.5) is 0 Å². The lowest BCUT2D eigenvalue weighted by molar-refractivity contribution is 0.486. The summed E-state index contributed by atoms with van der Waals surface area (Å²) in [7, 11) is 0. The predicted octanol–water partition coefficient (Wildman–Crippen LogP) is 1.06. The Morgan fingerprint density at radius 3 is 2.71 bits per heavy atom. The Kier molecular flexibility index (Phi) is 1.42. The molecule has 1 heterocycles. The molecule has 0 bridgehead atoms. The fourth-order valence-electron chi connectivity index (χ4n) is 0.332. The van der Waals surface area contributed by atoms with Gasteiger partial charge < -0.3 is 0 Å². The molecule has 0 aromatic carbocycles. The highest BCUT2D eigenvalue weighted by atomic mass is 35.5. The Morgan fingerprint density at radius 1 is 1.86 bits per heavy atom. The normalized spacial score (nSPS) is 20.3. The Labute approximate surface area is 51.8 Å². The van der Waals surface area contributed by atoms with Gasteiger partial charge >= 0.3 is 0 Å². The van der Waals surface area contributed by atoms with Gasteiger partial charge in [-0.3, -0.25) is 0 Å². The van der Waals surface area contributed by atoms with Crippen molar-refractivity contribution >= 4 is 23.4 Å². The fourth-order valence-corrected chi connectivity index (χ4v) is 0.699. The molecular weight excluding hydrogens is 135 g/mol. The van der Waals surface area contributed by atoms with E-state index < -0.39 is 0 Å². The van der Waals surface area contributed by atoms with Gasteiger partial charge in [0, 0.05) is 11.8 Å². The maximum absolute atomic E-state index is 5.45. The molecule has 0 N–H and O–H groups in total. The first-order chi connectivity index (χ1) is 3.29. The smallest absolute Gasteiger partial charge is 0.0748 e. The van der Waals surface area contributed by atoms with Gasteiger partial charge in [0.15, 0.2) is 0 Å². The third kappa shape index (κ3) is 1.23. The highest BCUT2D eigenvalue weighted by Gasteiger charge is 2.06. The molecule has 0 aromatic rings. The van der Waals surface area contributed by atoms with Crippen LogP contribution in [0.3, 0.4) is 0 Å². The summed E-state index contributed by atoms with van der Waals surface area (Å²) >= 11 is 10.8. The van der Waals surface area contributed by atoms with E-state index in [4.69, 9.17) is 23.4 Å². The molecule has 0 spiro atoms. The Hall–Kier alpha value is 0.0800. The van der Waals surface area contributed by atoms with E-state index in [1.165, 1.54) is 4.53 Å². The SMILES string of the molecule is ClC1=CN(Cl)[N]C1. The standard InChI is InChI=1S/C3H3Cl2N2/c4-3-1-6-7(5)2-3/h2H,1H2. The Balaban J connectivity index is 2.50. The van der Waals surface area contributed by atoms with Crippen LogP contribution in [-0.2, 0) is 0 Å². The average molecular weight is 138 g/mol. The highest BCUT2D eigenvalue weighted by Crippen LogP contribution is 2.10. The van der Waals surface area contributed by atoms with Gasteiger partial charge in [0.2, 0.25) is 0 Å². The molecule has 1 aliphatic rings. The molecule has 1 aliphatic heterocycles. The largest absolute Gasteiger partial charge is 0.205 e. The summed E-state index contributed by atoms with van der Waals surface area (Å²) in [6.07, 6.45) is 1.56. The van der Waals surface area contributed by atoms with E-state index in [0.717, 1.165) is 0 Å². The topological polar surface area (TPSA) is 17.3 Å². The van der Waals surface area contributed by atoms with Crippen LogP contribution in [-0.4, -0.2) is 11.1 Å². The van der Waals surface area contributed by atoms with Gasteiger partial charge in [-0.1, -0.05) is 11.6 Å². The molecule has 0 atom stereocenters. The summed E-state index contributed by atoms with van der Waals surface area (Å²) in [6.45, 7) is 0.519. The zero-order chi connectivity index (χ0) is 5.28. The van der Waals surface area contributed by atoms with Crippen LogP contribution in [0, 0.1) is 0 Å². The summed E-state index contributed by atoms with van der Waals surface area (Å²) in [5.41, 5.74) is 3.69. The van der Waals surface area contributed by atoms with Crippen molar-refractivity contribution in [2.45, 2.75) is 0 Å². The third-order valence-electron chi connectivity index (χ3n) is 0.603. The van der Waals surface area contributed by atoms with E-state index in [9.17, 15) is 0 Å². The molecule has 0 amide bonds. The van der Waals surface area contributed by atoms with Crippen molar-refractivity contribution in [1.82, 2.24) is 9.95 Å². The lowest BCUT2D eigenvalue weighted by Crippen LogP contribution is -2.09. The van der Waals surface area contributed by atoms with Gasteiger partial charge in [-0.25, -0.2) is 4.53 Å². The second kappa shape index (κ2) is 1.90. The quantitative estimate of drug-likeness (QED) is 0.457. The number of halogens is 2. The van der Waals surface area contributed by atoms with Gasteiger partial charge in [-0.15, -0.1) is 5.43 Å². The summed E-state index contributed by atoms with van der Waals surface area (Å²) in [5, 5.41) is 0.676. The van der Waals surface area contributed by atoms with Crippen LogP contribution in [0.5, 0.6) is 0 Å². The Morgan fingerprint density at radius 2 is 2.57 bits per heavy atom. The lowest BCUT2D eigenvalue weighted by Gasteiger charge is -1.95. The molecule has 0 unspecified atom stereocenters. The lowest BCUT2D eigenvalue weighted by atomic mass is 10.6. The third-order valence-corrected chi connectivity index (χ3v) is 1.03. The minimum atomic E-state index is 0.519. The fraction of sp³-hybridized carbons (Fsp3) is 0.333. The van der Waals surface area contributed by atoms with Crippen LogP contribution in [0.15, 0.2) is 11.2 Å². The van der Waals surface area contributed by atoms with E-state index in [1.807, 2.05) is 0 Å². The molecule has 1 rings (SSSR count). The number of nitrogens with zero attached hydrogens (tertiary/aromatic N) is 2. The maximum atomic E-state index is 5.45. The van der Waals surface area contributed by atoms with Crippen LogP contribution in [0.1, 0.15) is 0 Å². The van der Waals surface area contributed by atoms with Crippen LogP contribution in [0.2, 0.25) is 0 Å². The van der Waals surface area contributed by atoms with E-state index in [2.05, 4.69) is 5.43 Å². The highest BCUT2D eigenvalue weighted by molar-refractivity contribution is 6.30. The van der Waals surface area contributed by atoms with Gasteiger partial charge in [0.25, 0.3) is 0 Å². The molecular formula is C3H3Cl2N2. The zero-order valence-electron chi connectivity index (χ0n) is 3.43. The van der Waals surface area contributed by atoms with Crippen molar-refractivity contribution in [3.8, 4) is 0 Å². The Bertz CT molecular complexity index is 101. The first-order valence-electron chi connectivity index (χ1n) is 1.77. The van der Waals surface area contributed by atoms with Crippen LogP contribution >= 0.6 is 23.4 Å². The molecule has 39 valence electrons. The first-order valence-corrected chi connectivity index (χ1v) is 2.49. The summed E-state index contributed by atoms with van der Waals surface area (Å²) in [5.74, 6) is 0. The zero-order valence-corrected chi connectivity index (χ0v) is 4.95. The molecule has 7 heavy (non-hydrogen) atoms. The van der Waals surface area contributed by atoms with Crippen molar-refractivity contribution < 1.29 is 0 Å². The summed E-state index contributed by atoms with van der Waals surface area (Å²) in [6, 6.07) is 0. The second-order valence-electron chi connectivity index (χ2n) is 1.16. The molecule has 0 saturated carbocycles. The van der Waals surface area contributed by atoms with E-state index in [0.29, 0.717) is 11.6 Å².